The minimum absolute atomic E-state index is 0.163. The first-order chi connectivity index (χ1) is 4.78. The molecule has 1 atom stereocenters. The Hall–Kier alpha value is -0.120. The van der Waals surface area contributed by atoms with Crippen molar-refractivity contribution in [2.45, 2.75) is 6.27 Å². The zero-order valence-electron chi connectivity index (χ0n) is 8.18. The summed E-state index contributed by atoms with van der Waals surface area (Å²) in [6.45, 7) is -1.85. The van der Waals surface area contributed by atoms with Crippen LogP contribution in [-0.4, -0.2) is 31.3 Å². The van der Waals surface area contributed by atoms with Gasteiger partial charge in [-0.25, -0.2) is 0 Å². The highest BCUT2D eigenvalue weighted by atomic mass is 15.4. The molecular weight excluding hydrogens is 90.1 g/mol. The van der Waals surface area contributed by atoms with E-state index in [0.29, 0.717) is 5.31 Å². The summed E-state index contributed by atoms with van der Waals surface area (Å²) in [5, 5.41) is 0.715. The van der Waals surface area contributed by atoms with Gasteiger partial charge in [-0.1, -0.05) is 0 Å². The van der Waals surface area contributed by atoms with Crippen LogP contribution in [-0.2, 0) is 0 Å². The van der Waals surface area contributed by atoms with E-state index in [0.717, 1.165) is 4.90 Å². The zero-order chi connectivity index (χ0) is 8.86. The van der Waals surface area contributed by atoms with Gasteiger partial charge in [-0.2, -0.15) is 0 Å². The first kappa shape index (κ1) is 2.01. The number of likely N-dealkylation sites (N-methyl/N-ethyl adjacent to an activating group) is 1. The van der Waals surface area contributed by atoms with E-state index in [4.69, 9.17) is 11.3 Å². The standard InChI is InChI=1S/C4H11N3/c1-7-3-2-6-4(7)5/h4,6H,2-3,5H2,1H3/i3D2,4D/hD. The summed E-state index contributed by atoms with van der Waals surface area (Å²) in [7, 11) is 1.39. The topological polar surface area (TPSA) is 41.3 Å². The van der Waals surface area contributed by atoms with Crippen LogP contribution in [0.2, 0.25) is 1.41 Å². The third-order valence-corrected chi connectivity index (χ3v) is 0.893. The molecule has 0 bridgehead atoms. The minimum atomic E-state index is -1.75. The van der Waals surface area contributed by atoms with E-state index in [1.54, 1.807) is 0 Å². The molecule has 1 aliphatic heterocycles. The number of nitrogens with one attached hydrogen (secondary N) is 1. The first-order valence-electron chi connectivity index (χ1n) is 4.02. The molecule has 1 saturated heterocycles. The summed E-state index contributed by atoms with van der Waals surface area (Å²) < 4.78 is 29.1. The molecule has 42 valence electrons. The van der Waals surface area contributed by atoms with E-state index in [1.165, 1.54) is 7.05 Å². The van der Waals surface area contributed by atoms with Crippen LogP contribution in [0.1, 0.15) is 4.11 Å². The van der Waals surface area contributed by atoms with Gasteiger partial charge in [-0.3, -0.25) is 10.2 Å². The van der Waals surface area contributed by atoms with Gasteiger partial charge in [0, 0.05) is 15.8 Å². The van der Waals surface area contributed by atoms with Gasteiger partial charge in [0.2, 0.25) is 0 Å². The number of nitrogens with zero attached hydrogens (tertiary/aromatic N) is 1. The molecular formula is C4H11N3. The van der Waals surface area contributed by atoms with E-state index < -0.39 is 12.8 Å². The average Bonchev–Trinajstić information content (AvgIpc) is 1.94. The Morgan fingerprint density at radius 1 is 2.43 bits per heavy atom. The molecule has 0 radical (unpaired) electrons. The fourth-order valence-corrected chi connectivity index (χ4v) is 0.409. The van der Waals surface area contributed by atoms with Gasteiger partial charge in [0.05, 0.1) is 1.37 Å². The van der Waals surface area contributed by atoms with E-state index in [-0.39, 0.29) is 6.54 Å². The van der Waals surface area contributed by atoms with Gasteiger partial charge in [-0.15, -0.1) is 0 Å². The van der Waals surface area contributed by atoms with Gasteiger partial charge in [0.25, 0.3) is 0 Å². The summed E-state index contributed by atoms with van der Waals surface area (Å²) in [6, 6.07) is 0. The van der Waals surface area contributed by atoms with Crippen molar-refractivity contribution in [2.24, 2.45) is 5.73 Å². The van der Waals surface area contributed by atoms with Crippen LogP contribution in [0.3, 0.4) is 0 Å². The molecule has 0 spiro atoms. The molecule has 3 N–H and O–H groups in total. The normalized spacial score (nSPS) is 63.1. The Morgan fingerprint density at radius 2 is 3.14 bits per heavy atom. The highest BCUT2D eigenvalue weighted by molar-refractivity contribution is 4.67. The predicted octanol–water partition coefficient (Wildman–Crippen LogP) is -1.24. The van der Waals surface area contributed by atoms with Crippen LogP contribution in [0.4, 0.5) is 0 Å². The Bertz CT molecular complexity index is 171. The van der Waals surface area contributed by atoms with Crippen LogP contribution in [0, 0.1) is 0 Å². The molecule has 3 nitrogen and oxygen atoms in total. The Labute approximate surface area is 49.2 Å². The lowest BCUT2D eigenvalue weighted by Gasteiger charge is -2.11. The molecule has 0 aromatic carbocycles. The number of nitrogens with two attached hydrogens (primary N) is 1. The molecule has 0 saturated carbocycles. The maximum atomic E-state index is 7.36. The molecule has 1 rings (SSSR count). The molecule has 0 amide bonds. The van der Waals surface area contributed by atoms with Crippen molar-refractivity contribution >= 4 is 0 Å². The lowest BCUT2D eigenvalue weighted by molar-refractivity contribution is 0.302. The van der Waals surface area contributed by atoms with Crippen molar-refractivity contribution in [2.75, 3.05) is 20.1 Å². The highest BCUT2D eigenvalue weighted by Crippen LogP contribution is 1.89. The van der Waals surface area contributed by atoms with Crippen LogP contribution in [0.5, 0.6) is 0 Å². The maximum absolute atomic E-state index is 7.36. The molecule has 1 heterocycles. The SMILES string of the molecule is [2H]N1CC([2H])([2H])N(C)C1([2H])N. The van der Waals surface area contributed by atoms with E-state index in [1.807, 2.05) is 0 Å². The van der Waals surface area contributed by atoms with Crippen LogP contribution in [0.15, 0.2) is 0 Å². The number of rotatable bonds is 0. The molecule has 0 aliphatic carbocycles. The van der Waals surface area contributed by atoms with Gasteiger partial charge < -0.3 is 5.73 Å². The smallest absolute Gasteiger partial charge is 0.125 e. The van der Waals surface area contributed by atoms with Crippen LogP contribution in [0.25, 0.3) is 0 Å². The molecule has 1 aliphatic rings. The Morgan fingerprint density at radius 3 is 3.29 bits per heavy atom. The molecule has 7 heavy (non-hydrogen) atoms. The Kier molecular flexibility index (Phi) is 0.510. The van der Waals surface area contributed by atoms with Crippen molar-refractivity contribution in [3.63, 3.8) is 0 Å². The van der Waals surface area contributed by atoms with E-state index in [9.17, 15) is 0 Å². The summed E-state index contributed by atoms with van der Waals surface area (Å²) >= 11 is 0. The summed E-state index contributed by atoms with van der Waals surface area (Å²) in [6.07, 6.45) is -1.75. The second-order valence-corrected chi connectivity index (χ2v) is 1.39. The fourth-order valence-electron chi connectivity index (χ4n) is 0.409. The summed E-state index contributed by atoms with van der Waals surface area (Å²) in [5.41, 5.74) is 5.33. The van der Waals surface area contributed by atoms with Gasteiger partial charge >= 0.3 is 0 Å². The van der Waals surface area contributed by atoms with E-state index in [2.05, 4.69) is 0 Å². The quantitative estimate of drug-likeness (QED) is 0.405. The third kappa shape index (κ3) is 0.907. The van der Waals surface area contributed by atoms with Crippen LogP contribution < -0.4 is 11.0 Å². The second-order valence-electron chi connectivity index (χ2n) is 1.39. The van der Waals surface area contributed by atoms with Crippen molar-refractivity contribution in [1.29, 1.82) is 0 Å². The third-order valence-electron chi connectivity index (χ3n) is 0.893. The highest BCUT2D eigenvalue weighted by Gasteiger charge is 2.13. The summed E-state index contributed by atoms with van der Waals surface area (Å²) in [5.74, 6) is 0. The lowest BCUT2D eigenvalue weighted by Crippen LogP contribution is -2.41. The van der Waals surface area contributed by atoms with Crippen LogP contribution >= 0.6 is 0 Å². The average molecular weight is 105 g/mol. The van der Waals surface area contributed by atoms with Crippen molar-refractivity contribution in [1.82, 2.24) is 10.2 Å². The molecule has 3 heteroatoms. The van der Waals surface area contributed by atoms with Gasteiger partial charge in [0.15, 0.2) is 0 Å². The molecule has 1 unspecified atom stereocenters. The molecule has 1 fully saturated rings. The van der Waals surface area contributed by atoms with Crippen molar-refractivity contribution in [3.8, 4) is 0 Å². The van der Waals surface area contributed by atoms with E-state index >= 15 is 0 Å². The predicted molar refractivity (Wildman–Crippen MR) is 28.6 cm³/mol. The minimum Gasteiger partial charge on any atom is -0.303 e. The van der Waals surface area contributed by atoms with Crippen molar-refractivity contribution < 1.29 is 5.52 Å². The van der Waals surface area contributed by atoms with Crippen molar-refractivity contribution in [3.05, 3.63) is 0 Å². The molecule has 0 aromatic rings. The maximum Gasteiger partial charge on any atom is 0.125 e. The van der Waals surface area contributed by atoms with Gasteiger partial charge in [-0.05, 0) is 7.05 Å². The Balaban J connectivity index is 2.89. The first-order valence-corrected chi connectivity index (χ1v) is 2.08. The largest absolute Gasteiger partial charge is 0.303 e. The number of hydrogen-bond acceptors (Lipinski definition) is 3. The zero-order valence-corrected chi connectivity index (χ0v) is 4.18. The summed E-state index contributed by atoms with van der Waals surface area (Å²) in [4.78, 5) is 1.02. The van der Waals surface area contributed by atoms with Gasteiger partial charge in [0.1, 0.15) is 7.68 Å². The lowest BCUT2D eigenvalue weighted by atomic mass is 10.7. The fraction of sp³-hybridized carbons (Fsp3) is 1.00. The second kappa shape index (κ2) is 1.78. The number of hydrogen-bond donors (Lipinski definition) is 2. The monoisotopic (exact) mass is 105 g/mol. The molecule has 0 aromatic heterocycles.